The third-order valence-electron chi connectivity index (χ3n) is 6.36. The number of hydrogen-bond acceptors (Lipinski definition) is 9. The maximum Gasteiger partial charge on any atom is 0.336 e. The number of amides is 1. The summed E-state index contributed by atoms with van der Waals surface area (Å²) in [5, 5.41) is 39.5. The van der Waals surface area contributed by atoms with Crippen LogP contribution in [0, 0.1) is 0 Å². The van der Waals surface area contributed by atoms with Gasteiger partial charge in [0.15, 0.2) is 5.60 Å². The zero-order valence-electron chi connectivity index (χ0n) is 24.4. The van der Waals surface area contributed by atoms with E-state index in [-0.39, 0.29) is 17.9 Å². The molecule has 0 saturated heterocycles. The molecule has 43 heavy (non-hydrogen) atoms. The van der Waals surface area contributed by atoms with Crippen LogP contribution in [0.25, 0.3) is 10.8 Å². The van der Waals surface area contributed by atoms with Gasteiger partial charge in [0.1, 0.15) is 5.75 Å². The molecule has 0 aliphatic heterocycles. The van der Waals surface area contributed by atoms with E-state index >= 15 is 0 Å². The lowest BCUT2D eigenvalue weighted by molar-refractivity contribution is -0.170. The van der Waals surface area contributed by atoms with Gasteiger partial charge in [0, 0.05) is 37.6 Å². The maximum absolute atomic E-state index is 13.3. The smallest absolute Gasteiger partial charge is 0.336 e. The van der Waals surface area contributed by atoms with Crippen molar-refractivity contribution in [2.45, 2.75) is 31.4 Å². The van der Waals surface area contributed by atoms with E-state index < -0.39 is 36.4 Å². The molecule has 3 aromatic rings. The quantitative estimate of drug-likeness (QED) is 0.216. The van der Waals surface area contributed by atoms with Crippen molar-refractivity contribution in [3.63, 3.8) is 0 Å². The van der Waals surface area contributed by atoms with Crippen molar-refractivity contribution in [3.8, 4) is 5.75 Å². The first-order chi connectivity index (χ1) is 20.2. The summed E-state index contributed by atoms with van der Waals surface area (Å²) in [5.41, 5.74) is -1.35. The molecule has 3 rings (SSSR count). The van der Waals surface area contributed by atoms with Crippen molar-refractivity contribution in [2.75, 3.05) is 34.3 Å². The summed E-state index contributed by atoms with van der Waals surface area (Å²) in [6.07, 6.45) is -2.17. The third kappa shape index (κ3) is 9.90. The number of hydrogen-bond donors (Lipinski definition) is 4. The van der Waals surface area contributed by atoms with Crippen molar-refractivity contribution < 1.29 is 44.3 Å². The number of benzene rings is 2. The topological polar surface area (TPSA) is 200 Å². The Bertz CT molecular complexity index is 1500. The van der Waals surface area contributed by atoms with E-state index in [1.54, 1.807) is 20.2 Å². The number of likely N-dealkylation sites (N-methyl/N-ethyl adjacent to an activating group) is 1. The highest BCUT2D eigenvalue weighted by atomic mass is 16.5. The van der Waals surface area contributed by atoms with Gasteiger partial charge in [-0.15, -0.1) is 0 Å². The fraction of sp³-hybridized carbons (Fsp3) is 0.379. The fourth-order valence-corrected chi connectivity index (χ4v) is 4.13. The second-order valence-corrected chi connectivity index (χ2v) is 10.0. The summed E-state index contributed by atoms with van der Waals surface area (Å²) >= 11 is 0. The Hall–Kier alpha value is -4.82. The number of fused-ring (bicyclic) bond motifs is 1. The number of carbonyl (C=O) groups is 4. The summed E-state index contributed by atoms with van der Waals surface area (Å²) in [6, 6.07) is 15.0. The number of aliphatic hydroxyl groups is 1. The number of rotatable bonds is 13. The molecule has 0 bridgehead atoms. The number of aliphatic carboxylic acids is 3. The average Bonchev–Trinajstić information content (AvgIpc) is 2.93. The van der Waals surface area contributed by atoms with Crippen molar-refractivity contribution >= 4 is 34.6 Å². The standard InChI is InChI=1S/C23H28N4O3.C6H8O7/c1-25(2)13-14-27(16-17-9-5-8-12-21(17)30-4)22(28)15-20-18-10-6-7-11-19(18)23(29)26(3)24-20;7-3(8)1-6(13,5(11)12)2-4(9)10/h5-12H,13-16H2,1-4H3;13H,1-2H2,(H,7,8)(H,9,10)(H,11,12). The van der Waals surface area contributed by atoms with E-state index in [0.717, 1.165) is 23.2 Å². The molecule has 0 atom stereocenters. The minimum Gasteiger partial charge on any atom is -0.496 e. The number of para-hydroxylation sites is 1. The lowest BCUT2D eigenvalue weighted by Gasteiger charge is -2.25. The number of aromatic nitrogens is 2. The zero-order chi connectivity index (χ0) is 32.3. The van der Waals surface area contributed by atoms with Crippen molar-refractivity contribution in [1.82, 2.24) is 19.6 Å². The van der Waals surface area contributed by atoms with Crippen LogP contribution >= 0.6 is 0 Å². The average molecular weight is 601 g/mol. The Morgan fingerprint density at radius 3 is 2.00 bits per heavy atom. The monoisotopic (exact) mass is 600 g/mol. The van der Waals surface area contributed by atoms with Gasteiger partial charge in [0.25, 0.3) is 5.56 Å². The van der Waals surface area contributed by atoms with Crippen LogP contribution in [0.2, 0.25) is 0 Å². The summed E-state index contributed by atoms with van der Waals surface area (Å²) < 4.78 is 6.76. The molecule has 0 unspecified atom stereocenters. The number of carbonyl (C=O) groups excluding carboxylic acids is 1. The van der Waals surface area contributed by atoms with Gasteiger partial charge in [-0.2, -0.15) is 5.10 Å². The molecule has 1 aromatic heterocycles. The van der Waals surface area contributed by atoms with Gasteiger partial charge in [-0.05, 0) is 26.2 Å². The fourth-order valence-electron chi connectivity index (χ4n) is 4.13. The van der Waals surface area contributed by atoms with Crippen LogP contribution in [0.4, 0.5) is 0 Å². The number of carboxylic acids is 3. The predicted octanol–water partition coefficient (Wildman–Crippen LogP) is 0.827. The van der Waals surface area contributed by atoms with Crippen LogP contribution in [-0.2, 0) is 39.2 Å². The Morgan fingerprint density at radius 2 is 1.47 bits per heavy atom. The molecule has 1 amide bonds. The van der Waals surface area contributed by atoms with Crippen molar-refractivity contribution in [2.24, 2.45) is 7.05 Å². The van der Waals surface area contributed by atoms with E-state index in [2.05, 4.69) is 5.10 Å². The van der Waals surface area contributed by atoms with Crippen LogP contribution in [0.3, 0.4) is 0 Å². The van der Waals surface area contributed by atoms with Gasteiger partial charge in [-0.1, -0.05) is 36.4 Å². The third-order valence-corrected chi connectivity index (χ3v) is 6.36. The lowest BCUT2D eigenvalue weighted by atomic mass is 9.96. The second kappa shape index (κ2) is 15.4. The van der Waals surface area contributed by atoms with Gasteiger partial charge >= 0.3 is 17.9 Å². The minimum absolute atomic E-state index is 0.0425. The molecule has 14 nitrogen and oxygen atoms in total. The summed E-state index contributed by atoms with van der Waals surface area (Å²) in [7, 11) is 7.20. The first-order valence-corrected chi connectivity index (χ1v) is 13.1. The van der Waals surface area contributed by atoms with Crippen LogP contribution in [0.5, 0.6) is 5.75 Å². The molecule has 4 N–H and O–H groups in total. The normalized spacial score (nSPS) is 11.0. The number of nitrogens with zero attached hydrogens (tertiary/aromatic N) is 4. The number of aryl methyl sites for hydroxylation is 1. The number of ether oxygens (including phenoxy) is 1. The Labute approximate surface area is 247 Å². The molecule has 0 spiro atoms. The van der Waals surface area contributed by atoms with Crippen LogP contribution in [0.15, 0.2) is 53.3 Å². The Morgan fingerprint density at radius 1 is 0.907 bits per heavy atom. The molecule has 0 saturated carbocycles. The summed E-state index contributed by atoms with van der Waals surface area (Å²) in [5.74, 6) is -4.31. The van der Waals surface area contributed by atoms with Gasteiger partial charge in [0.05, 0.1) is 37.5 Å². The first-order valence-electron chi connectivity index (χ1n) is 13.1. The van der Waals surface area contributed by atoms with Gasteiger partial charge in [-0.25, -0.2) is 9.48 Å². The Kier molecular flexibility index (Phi) is 12.3. The van der Waals surface area contributed by atoms with Crippen molar-refractivity contribution in [1.29, 1.82) is 0 Å². The molecule has 0 aliphatic carbocycles. The van der Waals surface area contributed by atoms with Crippen LogP contribution in [-0.4, -0.2) is 104 Å². The van der Waals surface area contributed by atoms with E-state index in [1.807, 2.05) is 66.4 Å². The molecule has 2 aromatic carbocycles. The zero-order valence-corrected chi connectivity index (χ0v) is 24.4. The molecule has 14 heteroatoms. The van der Waals surface area contributed by atoms with Gasteiger partial charge in [0.2, 0.25) is 5.91 Å². The van der Waals surface area contributed by atoms with E-state index in [9.17, 15) is 24.0 Å². The number of carboxylic acid groups (broad SMARTS) is 3. The SMILES string of the molecule is COc1ccccc1CN(CCN(C)C)C(=O)Cc1nn(C)c(=O)c2ccccc12.O=C(O)CC(O)(CC(=O)O)C(=O)O. The highest BCUT2D eigenvalue weighted by Crippen LogP contribution is 2.21. The van der Waals surface area contributed by atoms with E-state index in [1.165, 1.54) is 4.68 Å². The highest BCUT2D eigenvalue weighted by Gasteiger charge is 2.40. The number of methoxy groups -OCH3 is 1. The molecular weight excluding hydrogens is 564 g/mol. The summed E-state index contributed by atoms with van der Waals surface area (Å²) in [4.78, 5) is 60.0. The lowest BCUT2D eigenvalue weighted by Crippen LogP contribution is -2.42. The molecule has 1 heterocycles. The largest absolute Gasteiger partial charge is 0.496 e. The highest BCUT2D eigenvalue weighted by molar-refractivity contribution is 5.89. The molecular formula is C29H36N4O10. The van der Waals surface area contributed by atoms with Crippen LogP contribution in [0.1, 0.15) is 24.1 Å². The molecule has 0 aliphatic rings. The van der Waals surface area contributed by atoms with E-state index in [0.29, 0.717) is 24.2 Å². The van der Waals surface area contributed by atoms with Gasteiger partial charge in [-0.3, -0.25) is 19.2 Å². The van der Waals surface area contributed by atoms with Crippen molar-refractivity contribution in [3.05, 3.63) is 70.1 Å². The van der Waals surface area contributed by atoms with E-state index in [4.69, 9.17) is 25.2 Å². The molecule has 232 valence electrons. The predicted molar refractivity (Wildman–Crippen MR) is 155 cm³/mol. The first kappa shape index (κ1) is 34.4. The van der Waals surface area contributed by atoms with Gasteiger partial charge < -0.3 is 35.0 Å². The molecule has 0 radical (unpaired) electrons. The second-order valence-electron chi connectivity index (χ2n) is 10.0. The molecule has 0 fully saturated rings. The maximum atomic E-state index is 13.3. The summed E-state index contributed by atoms with van der Waals surface area (Å²) in [6.45, 7) is 1.76. The minimum atomic E-state index is -2.74. The van der Waals surface area contributed by atoms with Crippen LogP contribution < -0.4 is 10.3 Å². The Balaban J connectivity index is 0.000000420.